The van der Waals surface area contributed by atoms with Crippen LogP contribution in [-0.4, -0.2) is 26.5 Å². The Labute approximate surface area is 104 Å². The Morgan fingerprint density at radius 1 is 1.56 bits per heavy atom. The molecule has 0 spiro atoms. The Balaban J connectivity index is 2.32. The molecule has 1 aromatic rings. The second kappa shape index (κ2) is 4.77. The number of aromatic amines is 1. The highest BCUT2D eigenvalue weighted by Gasteiger charge is 2.26. The minimum atomic E-state index is -0.414. The smallest absolute Gasteiger partial charge is 0.329 e. The van der Waals surface area contributed by atoms with E-state index in [1.165, 1.54) is 10.8 Å². The fourth-order valence-corrected chi connectivity index (χ4v) is 3.38. The number of nitrogens with zero attached hydrogens (tertiary/aromatic N) is 1. The second-order valence-electron chi connectivity index (χ2n) is 3.62. The molecule has 1 aliphatic rings. The Bertz CT molecular complexity index is 498. The van der Waals surface area contributed by atoms with Crippen molar-refractivity contribution in [1.29, 1.82) is 0 Å². The van der Waals surface area contributed by atoms with Crippen molar-refractivity contribution >= 4 is 27.7 Å². The van der Waals surface area contributed by atoms with Gasteiger partial charge in [-0.05, 0) is 28.8 Å². The first-order chi connectivity index (χ1) is 7.61. The molecule has 0 unspecified atom stereocenters. The highest BCUT2D eigenvalue weighted by atomic mass is 79.9. The van der Waals surface area contributed by atoms with Gasteiger partial charge in [-0.25, -0.2) is 4.79 Å². The van der Waals surface area contributed by atoms with Gasteiger partial charge in [-0.2, -0.15) is 0 Å². The number of aliphatic hydroxyl groups is 1. The number of aromatic nitrogens is 2. The normalized spacial score (nSPS) is 24.9. The summed E-state index contributed by atoms with van der Waals surface area (Å²) in [6.45, 7) is 0.125. The summed E-state index contributed by atoms with van der Waals surface area (Å²) in [6, 6.07) is 0. The van der Waals surface area contributed by atoms with Gasteiger partial charge in [0.05, 0.1) is 16.5 Å². The molecule has 88 valence electrons. The van der Waals surface area contributed by atoms with Crippen LogP contribution in [0.15, 0.2) is 20.3 Å². The summed E-state index contributed by atoms with van der Waals surface area (Å²) in [5.41, 5.74) is -0.813. The van der Waals surface area contributed by atoms with Crippen molar-refractivity contribution in [1.82, 2.24) is 9.55 Å². The van der Waals surface area contributed by atoms with Crippen molar-refractivity contribution in [2.45, 2.75) is 23.5 Å². The molecule has 1 aliphatic heterocycles. The number of H-pyrrole nitrogens is 1. The summed E-state index contributed by atoms with van der Waals surface area (Å²) in [5.74, 6) is 0. The van der Waals surface area contributed by atoms with E-state index in [1.54, 1.807) is 11.8 Å². The van der Waals surface area contributed by atoms with E-state index < -0.39 is 11.2 Å². The molecule has 16 heavy (non-hydrogen) atoms. The van der Waals surface area contributed by atoms with Gasteiger partial charge in [0.1, 0.15) is 0 Å². The van der Waals surface area contributed by atoms with Crippen LogP contribution in [0.3, 0.4) is 0 Å². The molecular weight excluding hydrogens is 296 g/mol. The molecule has 2 atom stereocenters. The molecule has 0 amide bonds. The van der Waals surface area contributed by atoms with Crippen LogP contribution in [-0.2, 0) is 0 Å². The minimum Gasteiger partial charge on any atom is -0.395 e. The van der Waals surface area contributed by atoms with Gasteiger partial charge in [0.2, 0.25) is 0 Å². The fraction of sp³-hybridized carbons (Fsp3) is 0.556. The van der Waals surface area contributed by atoms with E-state index >= 15 is 0 Å². The number of hydrogen-bond donors (Lipinski definition) is 2. The zero-order chi connectivity index (χ0) is 11.7. The number of aliphatic hydroxyl groups excluding tert-OH is 1. The van der Waals surface area contributed by atoms with Crippen LogP contribution in [0, 0.1) is 0 Å². The van der Waals surface area contributed by atoms with Crippen molar-refractivity contribution in [3.63, 3.8) is 0 Å². The van der Waals surface area contributed by atoms with Crippen molar-refractivity contribution in [3.05, 3.63) is 31.5 Å². The largest absolute Gasteiger partial charge is 0.395 e. The van der Waals surface area contributed by atoms with Crippen LogP contribution < -0.4 is 11.2 Å². The van der Waals surface area contributed by atoms with Gasteiger partial charge in [-0.15, -0.1) is 11.8 Å². The number of rotatable bonds is 2. The number of hydrogen-bond acceptors (Lipinski definition) is 4. The van der Waals surface area contributed by atoms with Crippen LogP contribution in [0.1, 0.15) is 18.2 Å². The zero-order valence-electron chi connectivity index (χ0n) is 8.35. The van der Waals surface area contributed by atoms with E-state index in [4.69, 9.17) is 5.11 Å². The predicted octanol–water partition coefficient (Wildman–Crippen LogP) is 0.686. The maximum Gasteiger partial charge on any atom is 0.329 e. The third kappa shape index (κ3) is 2.26. The van der Waals surface area contributed by atoms with Gasteiger partial charge in [-0.1, -0.05) is 0 Å². The molecule has 1 fully saturated rings. The topological polar surface area (TPSA) is 75.1 Å². The van der Waals surface area contributed by atoms with E-state index in [9.17, 15) is 9.59 Å². The molecule has 2 N–H and O–H groups in total. The molecule has 2 heterocycles. The highest BCUT2D eigenvalue weighted by Crippen LogP contribution is 2.40. The maximum absolute atomic E-state index is 11.6. The van der Waals surface area contributed by atoms with E-state index in [0.29, 0.717) is 4.47 Å². The molecule has 7 heteroatoms. The SMILES string of the molecule is O=c1[nH]c(=O)n([C@H]2CC[C@@H](CO)S2)cc1Br. The van der Waals surface area contributed by atoms with E-state index in [0.717, 1.165) is 12.8 Å². The van der Waals surface area contributed by atoms with Crippen LogP contribution in [0.2, 0.25) is 0 Å². The van der Waals surface area contributed by atoms with Gasteiger partial charge in [0.15, 0.2) is 0 Å². The summed E-state index contributed by atoms with van der Waals surface area (Å²) < 4.78 is 1.85. The van der Waals surface area contributed by atoms with Crippen molar-refractivity contribution in [2.75, 3.05) is 6.61 Å². The van der Waals surface area contributed by atoms with Crippen LogP contribution in [0.5, 0.6) is 0 Å². The quantitative estimate of drug-likeness (QED) is 0.843. The van der Waals surface area contributed by atoms with Gasteiger partial charge in [0.25, 0.3) is 5.56 Å². The molecule has 0 radical (unpaired) electrons. The van der Waals surface area contributed by atoms with Crippen molar-refractivity contribution in [3.8, 4) is 0 Å². The summed E-state index contributed by atoms with van der Waals surface area (Å²) in [7, 11) is 0. The monoisotopic (exact) mass is 306 g/mol. The van der Waals surface area contributed by atoms with E-state index in [1.807, 2.05) is 0 Å². The summed E-state index contributed by atoms with van der Waals surface area (Å²) in [5, 5.41) is 9.20. The average Bonchev–Trinajstić information content (AvgIpc) is 2.71. The Morgan fingerprint density at radius 3 is 2.94 bits per heavy atom. The minimum absolute atomic E-state index is 0.00204. The number of nitrogens with one attached hydrogen (secondary N) is 1. The predicted molar refractivity (Wildman–Crippen MR) is 65.8 cm³/mol. The number of halogens is 1. The van der Waals surface area contributed by atoms with Crippen molar-refractivity contribution in [2.24, 2.45) is 0 Å². The molecule has 1 saturated heterocycles. The lowest BCUT2D eigenvalue weighted by atomic mass is 10.2. The lowest BCUT2D eigenvalue weighted by Crippen LogP contribution is -2.31. The first kappa shape index (κ1) is 11.9. The summed E-state index contributed by atoms with van der Waals surface area (Å²) >= 11 is 4.66. The lowest BCUT2D eigenvalue weighted by Gasteiger charge is -2.13. The lowest BCUT2D eigenvalue weighted by molar-refractivity contribution is 0.292. The zero-order valence-corrected chi connectivity index (χ0v) is 10.8. The van der Waals surface area contributed by atoms with Crippen LogP contribution in [0.4, 0.5) is 0 Å². The Morgan fingerprint density at radius 2 is 2.31 bits per heavy atom. The molecule has 0 aliphatic carbocycles. The van der Waals surface area contributed by atoms with Gasteiger partial charge in [-0.3, -0.25) is 14.3 Å². The Hall–Kier alpha value is -0.530. The number of thioether (sulfide) groups is 1. The standard InChI is InChI=1S/C9H11BrN2O3S/c10-6-3-12(9(15)11-8(6)14)7-2-1-5(4-13)16-7/h3,5,7,13H,1-2,4H2,(H,11,14,15)/t5-,7+/m0/s1. The maximum atomic E-state index is 11.6. The molecule has 0 bridgehead atoms. The van der Waals surface area contributed by atoms with Crippen LogP contribution >= 0.6 is 27.7 Å². The molecular formula is C9H11BrN2O3S. The summed E-state index contributed by atoms with van der Waals surface area (Å²) in [6.07, 6.45) is 3.22. The fourth-order valence-electron chi connectivity index (χ4n) is 1.70. The van der Waals surface area contributed by atoms with Gasteiger partial charge in [0, 0.05) is 11.4 Å². The Kier molecular flexibility index (Phi) is 3.56. The van der Waals surface area contributed by atoms with Crippen molar-refractivity contribution < 1.29 is 5.11 Å². The van der Waals surface area contributed by atoms with Gasteiger partial charge < -0.3 is 5.11 Å². The average molecular weight is 307 g/mol. The molecule has 0 saturated carbocycles. The highest BCUT2D eigenvalue weighted by molar-refractivity contribution is 9.10. The molecule has 1 aromatic heterocycles. The first-order valence-electron chi connectivity index (χ1n) is 4.89. The first-order valence-corrected chi connectivity index (χ1v) is 6.62. The molecule has 0 aromatic carbocycles. The molecule has 2 rings (SSSR count). The second-order valence-corrected chi connectivity index (χ2v) is 5.95. The third-order valence-electron chi connectivity index (χ3n) is 2.52. The summed E-state index contributed by atoms with van der Waals surface area (Å²) in [4.78, 5) is 25.0. The van der Waals surface area contributed by atoms with Crippen LogP contribution in [0.25, 0.3) is 0 Å². The van der Waals surface area contributed by atoms with E-state index in [2.05, 4.69) is 20.9 Å². The molecule has 5 nitrogen and oxygen atoms in total. The third-order valence-corrected chi connectivity index (χ3v) is 4.63. The van der Waals surface area contributed by atoms with Gasteiger partial charge >= 0.3 is 5.69 Å². The van der Waals surface area contributed by atoms with E-state index in [-0.39, 0.29) is 17.2 Å².